The quantitative estimate of drug-likeness (QED) is 0.917. The van der Waals surface area contributed by atoms with E-state index in [4.69, 9.17) is 26.5 Å². The molecule has 0 aliphatic rings. The van der Waals surface area contributed by atoms with Crippen molar-refractivity contribution in [3.8, 4) is 5.75 Å². The smallest absolute Gasteiger partial charge is 0.193 e. The summed E-state index contributed by atoms with van der Waals surface area (Å²) in [5, 5.41) is 0.339. The normalized spacial score (nSPS) is 12.4. The van der Waals surface area contributed by atoms with Gasteiger partial charge in [-0.2, -0.15) is 0 Å². The monoisotopic (exact) mass is 265 g/mol. The van der Waals surface area contributed by atoms with Crippen LogP contribution >= 0.6 is 11.6 Å². The number of hydrogen-bond acceptors (Lipinski definition) is 3. The second-order valence-electron chi connectivity index (χ2n) is 4.09. The van der Waals surface area contributed by atoms with E-state index in [1.54, 1.807) is 12.1 Å². The van der Waals surface area contributed by atoms with Crippen LogP contribution in [-0.2, 0) is 0 Å². The zero-order valence-electron chi connectivity index (χ0n) is 10.4. The van der Waals surface area contributed by atoms with E-state index in [-0.39, 0.29) is 6.04 Å². The summed E-state index contributed by atoms with van der Waals surface area (Å²) >= 11 is 5.77. The highest BCUT2D eigenvalue weighted by molar-refractivity contribution is 6.28. The molecule has 0 saturated heterocycles. The first-order valence-electron chi connectivity index (χ1n) is 5.86. The van der Waals surface area contributed by atoms with E-state index in [0.717, 1.165) is 16.9 Å². The van der Waals surface area contributed by atoms with E-state index in [9.17, 15) is 0 Å². The van der Waals surface area contributed by atoms with Crippen LogP contribution in [0, 0.1) is 6.92 Å². The summed E-state index contributed by atoms with van der Waals surface area (Å²) in [5.41, 5.74) is 8.23. The Balaban J connectivity index is 2.39. The highest BCUT2D eigenvalue weighted by Gasteiger charge is 2.17. The van der Waals surface area contributed by atoms with Crippen molar-refractivity contribution in [2.75, 3.05) is 6.61 Å². The fraction of sp³-hybridized carbons (Fsp3) is 0.286. The Bertz CT molecular complexity index is 536. The lowest BCUT2D eigenvalue weighted by Gasteiger charge is -2.15. The van der Waals surface area contributed by atoms with Crippen LogP contribution in [0.15, 0.2) is 34.7 Å². The molecule has 1 aromatic carbocycles. The number of furan rings is 1. The van der Waals surface area contributed by atoms with Crippen molar-refractivity contribution in [1.29, 1.82) is 0 Å². The van der Waals surface area contributed by atoms with Crippen molar-refractivity contribution >= 4 is 11.6 Å². The highest BCUT2D eigenvalue weighted by Crippen LogP contribution is 2.31. The number of nitrogens with two attached hydrogens (primary N) is 1. The molecule has 0 saturated carbocycles. The van der Waals surface area contributed by atoms with Gasteiger partial charge in [0.25, 0.3) is 0 Å². The molecule has 0 fully saturated rings. The zero-order valence-corrected chi connectivity index (χ0v) is 11.2. The van der Waals surface area contributed by atoms with E-state index < -0.39 is 0 Å². The maximum absolute atomic E-state index is 6.20. The van der Waals surface area contributed by atoms with Crippen molar-refractivity contribution in [3.05, 3.63) is 52.4 Å². The van der Waals surface area contributed by atoms with Gasteiger partial charge in [0.15, 0.2) is 5.22 Å². The fourth-order valence-electron chi connectivity index (χ4n) is 1.85. The predicted octanol–water partition coefficient (Wildman–Crippen LogP) is 3.69. The van der Waals surface area contributed by atoms with Gasteiger partial charge in [0.1, 0.15) is 11.5 Å². The van der Waals surface area contributed by atoms with Crippen LogP contribution in [0.5, 0.6) is 5.75 Å². The number of ether oxygens (including phenoxy) is 1. The second-order valence-corrected chi connectivity index (χ2v) is 4.47. The van der Waals surface area contributed by atoms with Gasteiger partial charge in [-0.3, -0.25) is 0 Å². The summed E-state index contributed by atoms with van der Waals surface area (Å²) in [5.74, 6) is 1.41. The van der Waals surface area contributed by atoms with Crippen LogP contribution in [0.2, 0.25) is 5.22 Å². The van der Waals surface area contributed by atoms with E-state index in [2.05, 4.69) is 0 Å². The minimum absolute atomic E-state index is 0.339. The van der Waals surface area contributed by atoms with Gasteiger partial charge in [0.05, 0.1) is 12.6 Å². The second kappa shape index (κ2) is 5.46. The van der Waals surface area contributed by atoms with Crippen molar-refractivity contribution in [1.82, 2.24) is 0 Å². The molecule has 2 N–H and O–H groups in total. The Labute approximate surface area is 111 Å². The first-order chi connectivity index (χ1) is 8.61. The van der Waals surface area contributed by atoms with Crippen LogP contribution in [0.1, 0.15) is 29.9 Å². The van der Waals surface area contributed by atoms with Gasteiger partial charge in [-0.25, -0.2) is 0 Å². The molecule has 1 aromatic heterocycles. The molecule has 2 rings (SSSR count). The maximum Gasteiger partial charge on any atom is 0.193 e. The molecule has 0 aliphatic carbocycles. The largest absolute Gasteiger partial charge is 0.494 e. The molecule has 2 aromatic rings. The molecule has 4 heteroatoms. The van der Waals surface area contributed by atoms with Gasteiger partial charge in [-0.15, -0.1) is 0 Å². The number of benzene rings is 1. The highest BCUT2D eigenvalue weighted by atomic mass is 35.5. The SMILES string of the molecule is CCOc1ccc(C)cc1C(N)c1ccc(Cl)o1. The van der Waals surface area contributed by atoms with Crippen molar-refractivity contribution < 1.29 is 9.15 Å². The van der Waals surface area contributed by atoms with E-state index in [1.165, 1.54) is 0 Å². The van der Waals surface area contributed by atoms with Crippen LogP contribution in [-0.4, -0.2) is 6.61 Å². The molecule has 3 nitrogen and oxygen atoms in total. The van der Waals surface area contributed by atoms with E-state index in [1.807, 2.05) is 32.0 Å². The number of hydrogen-bond donors (Lipinski definition) is 1. The first-order valence-corrected chi connectivity index (χ1v) is 6.23. The lowest BCUT2D eigenvalue weighted by atomic mass is 10.0. The van der Waals surface area contributed by atoms with Gasteiger partial charge in [0, 0.05) is 5.56 Å². The molecular formula is C14H16ClNO2. The summed E-state index contributed by atoms with van der Waals surface area (Å²) in [6, 6.07) is 9.03. The third-order valence-corrected chi connectivity index (χ3v) is 2.90. The fourth-order valence-corrected chi connectivity index (χ4v) is 2.00. The molecule has 96 valence electrons. The average molecular weight is 266 g/mol. The first kappa shape index (κ1) is 13.0. The van der Waals surface area contributed by atoms with Crippen LogP contribution in [0.4, 0.5) is 0 Å². The molecule has 1 atom stereocenters. The topological polar surface area (TPSA) is 48.4 Å². The maximum atomic E-state index is 6.20. The minimum atomic E-state index is -0.376. The molecule has 0 aliphatic heterocycles. The standard InChI is InChI=1S/C14H16ClNO2/c1-3-17-11-5-4-9(2)8-10(11)14(16)12-6-7-13(15)18-12/h4-8,14H,3,16H2,1-2H3. The van der Waals surface area contributed by atoms with Gasteiger partial charge in [-0.05, 0) is 43.6 Å². The molecule has 1 heterocycles. The summed E-state index contributed by atoms with van der Waals surface area (Å²) in [6.07, 6.45) is 0. The molecular weight excluding hydrogens is 250 g/mol. The Kier molecular flexibility index (Phi) is 3.94. The third kappa shape index (κ3) is 2.68. The number of rotatable bonds is 4. The van der Waals surface area contributed by atoms with Gasteiger partial charge in [-0.1, -0.05) is 17.7 Å². The third-order valence-electron chi connectivity index (χ3n) is 2.70. The number of aryl methyl sites for hydroxylation is 1. The zero-order chi connectivity index (χ0) is 13.1. The summed E-state index contributed by atoms with van der Waals surface area (Å²) < 4.78 is 10.9. The van der Waals surface area contributed by atoms with Crippen LogP contribution < -0.4 is 10.5 Å². The number of halogens is 1. The molecule has 0 amide bonds. The van der Waals surface area contributed by atoms with Crippen molar-refractivity contribution in [3.63, 3.8) is 0 Å². The minimum Gasteiger partial charge on any atom is -0.494 e. The van der Waals surface area contributed by atoms with Gasteiger partial charge < -0.3 is 14.9 Å². The van der Waals surface area contributed by atoms with Gasteiger partial charge in [0.2, 0.25) is 0 Å². The summed E-state index contributed by atoms with van der Waals surface area (Å²) in [6.45, 7) is 4.56. The van der Waals surface area contributed by atoms with E-state index in [0.29, 0.717) is 17.6 Å². The van der Waals surface area contributed by atoms with Crippen molar-refractivity contribution in [2.24, 2.45) is 5.73 Å². The summed E-state index contributed by atoms with van der Waals surface area (Å²) in [4.78, 5) is 0. The molecule has 18 heavy (non-hydrogen) atoms. The molecule has 1 unspecified atom stereocenters. The average Bonchev–Trinajstić information content (AvgIpc) is 2.77. The summed E-state index contributed by atoms with van der Waals surface area (Å²) in [7, 11) is 0. The predicted molar refractivity (Wildman–Crippen MR) is 72.1 cm³/mol. The Morgan fingerprint density at radius 2 is 2.11 bits per heavy atom. The lowest BCUT2D eigenvalue weighted by Crippen LogP contribution is -2.13. The van der Waals surface area contributed by atoms with Crippen LogP contribution in [0.3, 0.4) is 0 Å². The van der Waals surface area contributed by atoms with E-state index >= 15 is 0 Å². The van der Waals surface area contributed by atoms with Gasteiger partial charge >= 0.3 is 0 Å². The van der Waals surface area contributed by atoms with Crippen LogP contribution in [0.25, 0.3) is 0 Å². The Hall–Kier alpha value is -1.45. The lowest BCUT2D eigenvalue weighted by molar-refractivity contribution is 0.333. The molecule has 0 radical (unpaired) electrons. The Morgan fingerprint density at radius 3 is 2.72 bits per heavy atom. The Morgan fingerprint density at radius 1 is 1.33 bits per heavy atom. The molecule has 0 bridgehead atoms. The van der Waals surface area contributed by atoms with Crippen molar-refractivity contribution in [2.45, 2.75) is 19.9 Å². The molecule has 0 spiro atoms.